The van der Waals surface area contributed by atoms with Crippen LogP contribution >= 0.6 is 0 Å². The molecular weight excluding hydrogens is 247 g/mol. The number of imidazole rings is 1. The van der Waals surface area contributed by atoms with E-state index in [1.165, 1.54) is 22.7 Å². The standard InChI is InChI=1S/C14H9FN2O2/c15-10-7-4-8-17-12(14(18)19)11(16-13(10)17)9-5-2-1-3-6-9/h1-8H,(H,18,19). The van der Waals surface area contributed by atoms with Gasteiger partial charge in [-0.1, -0.05) is 30.3 Å². The predicted molar refractivity (Wildman–Crippen MR) is 67.5 cm³/mol. The molecule has 0 saturated carbocycles. The molecule has 0 aliphatic carbocycles. The highest BCUT2D eigenvalue weighted by Gasteiger charge is 2.21. The van der Waals surface area contributed by atoms with Gasteiger partial charge in [0.2, 0.25) is 0 Å². The number of aromatic carboxylic acids is 1. The van der Waals surface area contributed by atoms with E-state index in [0.29, 0.717) is 5.56 Å². The summed E-state index contributed by atoms with van der Waals surface area (Å²) in [4.78, 5) is 15.5. The molecule has 0 bridgehead atoms. The van der Waals surface area contributed by atoms with Crippen molar-refractivity contribution in [1.29, 1.82) is 0 Å². The molecular formula is C14H9FN2O2. The summed E-state index contributed by atoms with van der Waals surface area (Å²) in [5, 5.41) is 9.32. The van der Waals surface area contributed by atoms with Crippen LogP contribution in [-0.2, 0) is 0 Å². The molecule has 94 valence electrons. The van der Waals surface area contributed by atoms with E-state index in [-0.39, 0.29) is 17.0 Å². The third kappa shape index (κ3) is 1.76. The molecule has 1 N–H and O–H groups in total. The van der Waals surface area contributed by atoms with Gasteiger partial charge in [0, 0.05) is 11.8 Å². The van der Waals surface area contributed by atoms with Crippen molar-refractivity contribution in [3.05, 3.63) is 60.2 Å². The summed E-state index contributed by atoms with van der Waals surface area (Å²) in [5.74, 6) is -1.69. The summed E-state index contributed by atoms with van der Waals surface area (Å²) >= 11 is 0. The SMILES string of the molecule is O=C(O)c1c(-c2ccccc2)nc2c(F)cccn12. The number of fused-ring (bicyclic) bond motifs is 1. The van der Waals surface area contributed by atoms with Crippen molar-refractivity contribution in [2.75, 3.05) is 0 Å². The second kappa shape index (κ2) is 4.20. The number of aromatic nitrogens is 2. The largest absolute Gasteiger partial charge is 0.476 e. The lowest BCUT2D eigenvalue weighted by Crippen LogP contribution is -2.03. The van der Waals surface area contributed by atoms with Crippen LogP contribution in [0.4, 0.5) is 4.39 Å². The average molecular weight is 256 g/mol. The quantitative estimate of drug-likeness (QED) is 0.767. The number of benzene rings is 1. The molecule has 1 aromatic carbocycles. The first-order valence-corrected chi connectivity index (χ1v) is 5.64. The van der Waals surface area contributed by atoms with Crippen molar-refractivity contribution in [3.63, 3.8) is 0 Å². The molecule has 0 fully saturated rings. The van der Waals surface area contributed by atoms with Gasteiger partial charge in [0.25, 0.3) is 0 Å². The minimum Gasteiger partial charge on any atom is -0.476 e. The van der Waals surface area contributed by atoms with Gasteiger partial charge >= 0.3 is 5.97 Å². The van der Waals surface area contributed by atoms with Crippen molar-refractivity contribution in [2.24, 2.45) is 0 Å². The van der Waals surface area contributed by atoms with E-state index in [1.54, 1.807) is 24.3 Å². The molecule has 0 amide bonds. The number of carbonyl (C=O) groups is 1. The first-order chi connectivity index (χ1) is 9.18. The van der Waals surface area contributed by atoms with Crippen LogP contribution in [0.15, 0.2) is 48.7 Å². The van der Waals surface area contributed by atoms with E-state index < -0.39 is 11.8 Å². The van der Waals surface area contributed by atoms with Crippen molar-refractivity contribution in [2.45, 2.75) is 0 Å². The third-order valence-corrected chi connectivity index (χ3v) is 2.85. The normalized spacial score (nSPS) is 10.8. The van der Waals surface area contributed by atoms with Gasteiger partial charge in [0.1, 0.15) is 5.69 Å². The summed E-state index contributed by atoms with van der Waals surface area (Å²) in [6.45, 7) is 0. The van der Waals surface area contributed by atoms with E-state index in [0.717, 1.165) is 0 Å². The van der Waals surface area contributed by atoms with Crippen molar-refractivity contribution < 1.29 is 14.3 Å². The maximum Gasteiger partial charge on any atom is 0.355 e. The van der Waals surface area contributed by atoms with Crippen LogP contribution in [0.25, 0.3) is 16.9 Å². The van der Waals surface area contributed by atoms with E-state index in [2.05, 4.69) is 4.98 Å². The van der Waals surface area contributed by atoms with Crippen LogP contribution in [0, 0.1) is 5.82 Å². The van der Waals surface area contributed by atoms with Gasteiger partial charge in [-0.3, -0.25) is 4.40 Å². The summed E-state index contributed by atoms with van der Waals surface area (Å²) in [6, 6.07) is 11.6. The Hall–Kier alpha value is -2.69. The Morgan fingerprint density at radius 3 is 2.58 bits per heavy atom. The first kappa shape index (κ1) is 11.4. The van der Waals surface area contributed by atoms with Crippen LogP contribution in [0.3, 0.4) is 0 Å². The van der Waals surface area contributed by atoms with Gasteiger partial charge in [-0.15, -0.1) is 0 Å². The molecule has 0 aliphatic rings. The lowest BCUT2D eigenvalue weighted by Gasteiger charge is -1.99. The summed E-state index contributed by atoms with van der Waals surface area (Å²) in [6.07, 6.45) is 1.49. The Balaban J connectivity index is 2.39. The summed E-state index contributed by atoms with van der Waals surface area (Å²) in [5.41, 5.74) is 0.876. The molecule has 0 spiro atoms. The highest BCUT2D eigenvalue weighted by molar-refractivity contribution is 5.94. The van der Waals surface area contributed by atoms with Gasteiger partial charge < -0.3 is 5.11 Å². The van der Waals surface area contributed by atoms with Gasteiger partial charge in [0.05, 0.1) is 0 Å². The Bertz CT molecular complexity index is 766. The van der Waals surface area contributed by atoms with E-state index in [1.807, 2.05) is 6.07 Å². The second-order valence-corrected chi connectivity index (χ2v) is 4.03. The second-order valence-electron chi connectivity index (χ2n) is 4.03. The van der Waals surface area contributed by atoms with Crippen LogP contribution in [0.5, 0.6) is 0 Å². The minimum absolute atomic E-state index is 0.0127. The fourth-order valence-corrected chi connectivity index (χ4v) is 2.04. The summed E-state index contributed by atoms with van der Waals surface area (Å²) in [7, 11) is 0. The zero-order valence-electron chi connectivity index (χ0n) is 9.75. The molecule has 2 heterocycles. The van der Waals surface area contributed by atoms with Crippen LogP contribution in [0.1, 0.15) is 10.5 Å². The zero-order chi connectivity index (χ0) is 13.4. The average Bonchev–Trinajstić information content (AvgIpc) is 2.81. The van der Waals surface area contributed by atoms with E-state index in [4.69, 9.17) is 0 Å². The zero-order valence-corrected chi connectivity index (χ0v) is 9.75. The van der Waals surface area contributed by atoms with Crippen LogP contribution < -0.4 is 0 Å². The lowest BCUT2D eigenvalue weighted by molar-refractivity contribution is 0.0690. The minimum atomic E-state index is -1.14. The highest BCUT2D eigenvalue weighted by atomic mass is 19.1. The maximum atomic E-state index is 13.7. The Morgan fingerprint density at radius 1 is 1.16 bits per heavy atom. The third-order valence-electron chi connectivity index (χ3n) is 2.85. The predicted octanol–water partition coefficient (Wildman–Crippen LogP) is 2.84. The molecule has 3 rings (SSSR count). The number of carboxylic acid groups (broad SMARTS) is 1. The molecule has 4 nitrogen and oxygen atoms in total. The molecule has 0 saturated heterocycles. The fourth-order valence-electron chi connectivity index (χ4n) is 2.04. The van der Waals surface area contributed by atoms with Gasteiger partial charge in [-0.05, 0) is 12.1 Å². The Kier molecular flexibility index (Phi) is 2.52. The number of nitrogens with zero attached hydrogens (tertiary/aromatic N) is 2. The number of rotatable bonds is 2. The number of hydrogen-bond donors (Lipinski definition) is 1. The lowest BCUT2D eigenvalue weighted by atomic mass is 10.1. The topological polar surface area (TPSA) is 54.6 Å². The molecule has 0 radical (unpaired) electrons. The molecule has 3 aromatic rings. The molecule has 19 heavy (non-hydrogen) atoms. The number of pyridine rings is 1. The summed E-state index contributed by atoms with van der Waals surface area (Å²) < 4.78 is 14.9. The monoisotopic (exact) mass is 256 g/mol. The van der Waals surface area contributed by atoms with Gasteiger partial charge in [0.15, 0.2) is 17.2 Å². The van der Waals surface area contributed by atoms with Gasteiger partial charge in [-0.25, -0.2) is 14.2 Å². The highest BCUT2D eigenvalue weighted by Crippen LogP contribution is 2.25. The van der Waals surface area contributed by atoms with Crippen molar-refractivity contribution >= 4 is 11.6 Å². The number of hydrogen-bond acceptors (Lipinski definition) is 2. The molecule has 0 unspecified atom stereocenters. The Labute approximate surface area is 107 Å². The van der Waals surface area contributed by atoms with Gasteiger partial charge in [-0.2, -0.15) is 0 Å². The van der Waals surface area contributed by atoms with Crippen LogP contribution in [0.2, 0.25) is 0 Å². The number of carboxylic acids is 1. The smallest absolute Gasteiger partial charge is 0.355 e. The maximum absolute atomic E-state index is 13.7. The molecule has 2 aromatic heterocycles. The van der Waals surface area contributed by atoms with Crippen molar-refractivity contribution in [3.8, 4) is 11.3 Å². The van der Waals surface area contributed by atoms with Crippen LogP contribution in [-0.4, -0.2) is 20.5 Å². The Morgan fingerprint density at radius 2 is 1.89 bits per heavy atom. The van der Waals surface area contributed by atoms with E-state index in [9.17, 15) is 14.3 Å². The molecule has 5 heteroatoms. The number of halogens is 1. The first-order valence-electron chi connectivity index (χ1n) is 5.64. The molecule has 0 atom stereocenters. The fraction of sp³-hybridized carbons (Fsp3) is 0. The van der Waals surface area contributed by atoms with Crippen molar-refractivity contribution in [1.82, 2.24) is 9.38 Å². The van der Waals surface area contributed by atoms with E-state index >= 15 is 0 Å². The molecule has 0 aliphatic heterocycles.